The Labute approximate surface area is 149 Å². The minimum atomic E-state index is -0.918. The molecule has 5 nitrogen and oxygen atoms in total. The van der Waals surface area contributed by atoms with Gasteiger partial charge in [0.1, 0.15) is 5.69 Å². The Morgan fingerprint density at radius 1 is 1.12 bits per heavy atom. The summed E-state index contributed by atoms with van der Waals surface area (Å²) < 4.78 is 6.33. The van der Waals surface area contributed by atoms with Gasteiger partial charge < -0.3 is 14.6 Å². The molecule has 0 saturated carbocycles. The lowest BCUT2D eigenvalue weighted by molar-refractivity contribution is -0.142. The van der Waals surface area contributed by atoms with Gasteiger partial charge in [0.15, 0.2) is 0 Å². The van der Waals surface area contributed by atoms with E-state index in [4.69, 9.17) is 4.74 Å². The van der Waals surface area contributed by atoms with Crippen LogP contribution in [0, 0.1) is 0 Å². The standard InChI is InChI=1S/C18H19BrN2O3/c19-14-11-15(20-12-14)18(23)24-16(13-7-3-1-4-8-13)17(22)21-9-5-2-6-10-21/h1,3-4,7-8,11-12,16,20H,2,5-6,9-10H2. The Balaban J connectivity index is 1.82. The molecule has 1 aromatic heterocycles. The number of hydrogen-bond acceptors (Lipinski definition) is 3. The summed E-state index contributed by atoms with van der Waals surface area (Å²) in [6.07, 6.45) is 3.85. The lowest BCUT2D eigenvalue weighted by Gasteiger charge is -2.30. The summed E-state index contributed by atoms with van der Waals surface area (Å²) >= 11 is 3.29. The van der Waals surface area contributed by atoms with E-state index < -0.39 is 12.1 Å². The first-order valence-corrected chi connectivity index (χ1v) is 8.83. The second-order valence-electron chi connectivity index (χ2n) is 5.81. The molecular weight excluding hydrogens is 372 g/mol. The summed E-state index contributed by atoms with van der Waals surface area (Å²) in [4.78, 5) is 29.9. The number of nitrogens with one attached hydrogen (secondary N) is 1. The van der Waals surface area contributed by atoms with Crippen LogP contribution in [-0.4, -0.2) is 34.8 Å². The summed E-state index contributed by atoms with van der Waals surface area (Å²) in [6, 6.07) is 10.8. The highest BCUT2D eigenvalue weighted by molar-refractivity contribution is 9.10. The number of hydrogen-bond donors (Lipinski definition) is 1. The lowest BCUT2D eigenvalue weighted by Crippen LogP contribution is -2.40. The second-order valence-corrected chi connectivity index (χ2v) is 6.73. The van der Waals surface area contributed by atoms with E-state index in [1.54, 1.807) is 17.2 Å². The third kappa shape index (κ3) is 3.87. The molecule has 1 saturated heterocycles. The highest BCUT2D eigenvalue weighted by atomic mass is 79.9. The zero-order valence-electron chi connectivity index (χ0n) is 13.2. The fourth-order valence-corrected chi connectivity index (χ4v) is 3.17. The van der Waals surface area contributed by atoms with Crippen molar-refractivity contribution in [3.05, 3.63) is 58.3 Å². The van der Waals surface area contributed by atoms with E-state index in [0.717, 1.165) is 23.7 Å². The zero-order valence-corrected chi connectivity index (χ0v) is 14.8. The molecule has 6 heteroatoms. The van der Waals surface area contributed by atoms with Crippen LogP contribution in [0.4, 0.5) is 0 Å². The number of piperidine rings is 1. The van der Waals surface area contributed by atoms with Crippen LogP contribution in [0.1, 0.15) is 41.4 Å². The van der Waals surface area contributed by atoms with Crippen LogP contribution in [0.3, 0.4) is 0 Å². The topological polar surface area (TPSA) is 62.4 Å². The van der Waals surface area contributed by atoms with E-state index in [1.165, 1.54) is 0 Å². The van der Waals surface area contributed by atoms with E-state index >= 15 is 0 Å². The number of benzene rings is 1. The van der Waals surface area contributed by atoms with Gasteiger partial charge in [-0.05, 0) is 41.3 Å². The third-order valence-corrected chi connectivity index (χ3v) is 4.54. The highest BCUT2D eigenvalue weighted by Gasteiger charge is 2.30. The van der Waals surface area contributed by atoms with Gasteiger partial charge in [-0.2, -0.15) is 0 Å². The van der Waals surface area contributed by atoms with E-state index in [2.05, 4.69) is 20.9 Å². The number of amides is 1. The molecule has 24 heavy (non-hydrogen) atoms. The molecule has 1 atom stereocenters. The van der Waals surface area contributed by atoms with Crippen LogP contribution in [0.25, 0.3) is 0 Å². The smallest absolute Gasteiger partial charge is 0.355 e. The second kappa shape index (κ2) is 7.66. The molecule has 1 aliphatic rings. The first-order chi connectivity index (χ1) is 11.6. The first kappa shape index (κ1) is 16.8. The van der Waals surface area contributed by atoms with Gasteiger partial charge in [-0.15, -0.1) is 0 Å². The molecule has 1 unspecified atom stereocenters. The van der Waals surface area contributed by atoms with Gasteiger partial charge in [-0.3, -0.25) is 4.79 Å². The maximum atomic E-state index is 12.9. The maximum absolute atomic E-state index is 12.9. The van der Waals surface area contributed by atoms with Crippen LogP contribution in [0.2, 0.25) is 0 Å². The minimum absolute atomic E-state index is 0.153. The van der Waals surface area contributed by atoms with Crippen molar-refractivity contribution in [1.29, 1.82) is 0 Å². The van der Waals surface area contributed by atoms with Crippen molar-refractivity contribution < 1.29 is 14.3 Å². The normalized spacial score (nSPS) is 15.8. The molecule has 1 aromatic carbocycles. The molecular formula is C18H19BrN2O3. The van der Waals surface area contributed by atoms with Crippen molar-refractivity contribution in [1.82, 2.24) is 9.88 Å². The van der Waals surface area contributed by atoms with E-state index in [0.29, 0.717) is 24.3 Å². The monoisotopic (exact) mass is 390 g/mol. The summed E-state index contributed by atoms with van der Waals surface area (Å²) in [5.74, 6) is -0.695. The fourth-order valence-electron chi connectivity index (χ4n) is 2.83. The van der Waals surface area contributed by atoms with Gasteiger partial charge in [-0.25, -0.2) is 4.79 Å². The number of H-pyrrole nitrogens is 1. The van der Waals surface area contributed by atoms with Crippen LogP contribution < -0.4 is 0 Å². The number of nitrogens with zero attached hydrogens (tertiary/aromatic N) is 1. The SMILES string of the molecule is O=C(OC(C(=O)N1CCCCC1)c1ccccc1)c1cc(Br)c[nH]1. The molecule has 0 aliphatic carbocycles. The maximum Gasteiger partial charge on any atom is 0.355 e. The third-order valence-electron chi connectivity index (χ3n) is 4.09. The van der Waals surface area contributed by atoms with E-state index in [9.17, 15) is 9.59 Å². The molecule has 0 radical (unpaired) electrons. The largest absolute Gasteiger partial charge is 0.443 e. The number of likely N-dealkylation sites (tertiary alicyclic amines) is 1. The molecule has 1 fully saturated rings. The Morgan fingerprint density at radius 2 is 1.83 bits per heavy atom. The number of carbonyl (C=O) groups is 2. The van der Waals surface area contributed by atoms with Crippen molar-refractivity contribution in [3.8, 4) is 0 Å². The van der Waals surface area contributed by atoms with Crippen LogP contribution in [0.5, 0.6) is 0 Å². The molecule has 1 N–H and O–H groups in total. The van der Waals surface area contributed by atoms with E-state index in [1.807, 2.05) is 30.3 Å². The molecule has 2 aromatic rings. The average Bonchev–Trinajstić information content (AvgIpc) is 3.07. The van der Waals surface area contributed by atoms with Crippen LogP contribution in [-0.2, 0) is 9.53 Å². The summed E-state index contributed by atoms with van der Waals surface area (Å²) in [5.41, 5.74) is 1.00. The summed E-state index contributed by atoms with van der Waals surface area (Å²) in [7, 11) is 0. The van der Waals surface area contributed by atoms with Crippen molar-refractivity contribution in [2.45, 2.75) is 25.4 Å². The van der Waals surface area contributed by atoms with Crippen molar-refractivity contribution in [3.63, 3.8) is 0 Å². The number of esters is 1. The van der Waals surface area contributed by atoms with E-state index in [-0.39, 0.29) is 5.91 Å². The average molecular weight is 391 g/mol. The number of aromatic amines is 1. The highest BCUT2D eigenvalue weighted by Crippen LogP contribution is 2.24. The lowest BCUT2D eigenvalue weighted by atomic mass is 10.1. The summed E-state index contributed by atoms with van der Waals surface area (Å²) in [6.45, 7) is 1.43. The van der Waals surface area contributed by atoms with Gasteiger partial charge in [-0.1, -0.05) is 30.3 Å². The van der Waals surface area contributed by atoms with Gasteiger partial charge in [0.05, 0.1) is 0 Å². The van der Waals surface area contributed by atoms with Gasteiger partial charge in [0, 0.05) is 29.3 Å². The Hall–Kier alpha value is -2.08. The van der Waals surface area contributed by atoms with Crippen LogP contribution >= 0.6 is 15.9 Å². The van der Waals surface area contributed by atoms with Gasteiger partial charge >= 0.3 is 5.97 Å². The molecule has 1 amide bonds. The molecule has 1 aliphatic heterocycles. The number of halogens is 1. The predicted molar refractivity (Wildman–Crippen MR) is 93.5 cm³/mol. The summed E-state index contributed by atoms with van der Waals surface area (Å²) in [5, 5.41) is 0. The predicted octanol–water partition coefficient (Wildman–Crippen LogP) is 3.69. The number of ether oxygens (including phenoxy) is 1. The number of aromatic nitrogens is 1. The molecule has 126 valence electrons. The molecule has 0 spiro atoms. The van der Waals surface area contributed by atoms with Crippen molar-refractivity contribution >= 4 is 27.8 Å². The van der Waals surface area contributed by atoms with Gasteiger partial charge in [0.2, 0.25) is 6.10 Å². The molecule has 3 rings (SSSR count). The Morgan fingerprint density at radius 3 is 2.46 bits per heavy atom. The molecule has 0 bridgehead atoms. The van der Waals surface area contributed by atoms with Crippen molar-refractivity contribution in [2.75, 3.05) is 13.1 Å². The number of carbonyl (C=O) groups excluding carboxylic acids is 2. The fraction of sp³-hybridized carbons (Fsp3) is 0.333. The Bertz CT molecular complexity index is 708. The molecule has 2 heterocycles. The zero-order chi connectivity index (χ0) is 16.9. The minimum Gasteiger partial charge on any atom is -0.443 e. The number of rotatable bonds is 4. The van der Waals surface area contributed by atoms with Gasteiger partial charge in [0.25, 0.3) is 5.91 Å². The first-order valence-electron chi connectivity index (χ1n) is 8.04. The van der Waals surface area contributed by atoms with Crippen LogP contribution in [0.15, 0.2) is 47.1 Å². The Kier molecular flexibility index (Phi) is 5.35. The quantitative estimate of drug-likeness (QED) is 0.809. The van der Waals surface area contributed by atoms with Crippen molar-refractivity contribution in [2.24, 2.45) is 0 Å².